The van der Waals surface area contributed by atoms with Crippen molar-refractivity contribution in [2.75, 3.05) is 5.32 Å². The summed E-state index contributed by atoms with van der Waals surface area (Å²) in [5, 5.41) is 30.3. The van der Waals surface area contributed by atoms with E-state index in [-0.39, 0.29) is 17.1 Å². The highest BCUT2D eigenvalue weighted by Crippen LogP contribution is 2.10. The van der Waals surface area contributed by atoms with Crippen molar-refractivity contribution >= 4 is 23.8 Å². The molecule has 2 rings (SSSR count). The Labute approximate surface area is 117 Å². The van der Waals surface area contributed by atoms with Gasteiger partial charge in [0.15, 0.2) is 6.54 Å². The van der Waals surface area contributed by atoms with Crippen molar-refractivity contribution in [2.24, 2.45) is 0 Å². The first-order valence-corrected chi connectivity index (χ1v) is 5.60. The van der Waals surface area contributed by atoms with Crippen LogP contribution in [-0.2, 0) is 11.3 Å². The number of anilines is 1. The van der Waals surface area contributed by atoms with Gasteiger partial charge in [-0.1, -0.05) is 17.2 Å². The molecule has 0 aliphatic rings. The highest BCUT2D eigenvalue weighted by Gasteiger charge is 2.17. The molecule has 2 aromatic rings. The summed E-state index contributed by atoms with van der Waals surface area (Å²) in [5.41, 5.74) is -0.243. The summed E-state index contributed by atoms with van der Waals surface area (Å²) in [6.07, 6.45) is 0. The van der Waals surface area contributed by atoms with Crippen molar-refractivity contribution in [2.45, 2.75) is 6.54 Å². The molecule has 1 aromatic heterocycles. The molecule has 1 aromatic carbocycles. The molecule has 108 valence electrons. The fourth-order valence-electron chi connectivity index (χ4n) is 1.52. The number of aromatic carboxylic acids is 1. The molecule has 1 amide bonds. The number of tetrazole rings is 1. The zero-order chi connectivity index (χ0) is 15.4. The summed E-state index contributed by atoms with van der Waals surface area (Å²) in [7, 11) is 0. The summed E-state index contributed by atoms with van der Waals surface area (Å²) >= 11 is 0. The molecule has 0 unspecified atom stereocenters. The van der Waals surface area contributed by atoms with E-state index in [1.165, 1.54) is 24.3 Å². The molecule has 0 radical (unpaired) electrons. The lowest BCUT2D eigenvalue weighted by Gasteiger charge is -2.04. The first-order chi connectivity index (χ1) is 9.97. The van der Waals surface area contributed by atoms with Crippen LogP contribution in [0.3, 0.4) is 0 Å². The van der Waals surface area contributed by atoms with E-state index in [1.807, 2.05) is 0 Å². The Morgan fingerprint density at radius 2 is 1.81 bits per heavy atom. The van der Waals surface area contributed by atoms with Crippen LogP contribution in [0.4, 0.5) is 5.95 Å². The quantitative estimate of drug-likeness (QED) is 0.680. The molecule has 0 atom stereocenters. The van der Waals surface area contributed by atoms with Crippen LogP contribution in [0.5, 0.6) is 0 Å². The number of hydrogen-bond acceptors (Lipinski definition) is 6. The molecule has 0 aliphatic carbocycles. The van der Waals surface area contributed by atoms with Gasteiger partial charge in [0.2, 0.25) is 0 Å². The van der Waals surface area contributed by atoms with E-state index in [4.69, 9.17) is 10.2 Å². The average molecular weight is 291 g/mol. The molecule has 3 N–H and O–H groups in total. The van der Waals surface area contributed by atoms with Crippen molar-refractivity contribution in [1.29, 1.82) is 0 Å². The monoisotopic (exact) mass is 291 g/mol. The van der Waals surface area contributed by atoms with Crippen molar-refractivity contribution in [3.8, 4) is 0 Å². The van der Waals surface area contributed by atoms with E-state index < -0.39 is 24.4 Å². The highest BCUT2D eigenvalue weighted by molar-refractivity contribution is 6.10. The largest absolute Gasteiger partial charge is 0.480 e. The number of hydrogen-bond donors (Lipinski definition) is 3. The first kappa shape index (κ1) is 14.1. The third-order valence-corrected chi connectivity index (χ3v) is 2.36. The van der Waals surface area contributed by atoms with Gasteiger partial charge >= 0.3 is 11.9 Å². The van der Waals surface area contributed by atoms with Crippen LogP contribution < -0.4 is 5.32 Å². The maximum absolute atomic E-state index is 12.0. The van der Waals surface area contributed by atoms with Gasteiger partial charge in [-0.05, 0) is 17.3 Å². The number of carbonyl (C=O) groups excluding carboxylic acids is 1. The predicted molar refractivity (Wildman–Crippen MR) is 66.8 cm³/mol. The second-order valence-corrected chi connectivity index (χ2v) is 3.84. The number of nitrogens with one attached hydrogen (secondary N) is 1. The van der Waals surface area contributed by atoms with Crippen LogP contribution in [0.15, 0.2) is 24.3 Å². The van der Waals surface area contributed by atoms with E-state index in [0.29, 0.717) is 0 Å². The third kappa shape index (κ3) is 3.37. The number of aliphatic carboxylic acids is 1. The zero-order valence-electron chi connectivity index (χ0n) is 10.4. The van der Waals surface area contributed by atoms with Gasteiger partial charge in [-0.25, -0.2) is 4.79 Å². The van der Waals surface area contributed by atoms with Crippen molar-refractivity contribution in [1.82, 2.24) is 20.2 Å². The molecule has 0 saturated heterocycles. The molecular weight excluding hydrogens is 282 g/mol. The third-order valence-electron chi connectivity index (χ3n) is 2.36. The molecule has 10 nitrogen and oxygen atoms in total. The number of benzene rings is 1. The van der Waals surface area contributed by atoms with Crippen LogP contribution in [0, 0.1) is 0 Å². The maximum atomic E-state index is 12.0. The highest BCUT2D eigenvalue weighted by atomic mass is 16.4. The topological polar surface area (TPSA) is 147 Å². The van der Waals surface area contributed by atoms with E-state index in [2.05, 4.69) is 20.7 Å². The number of nitrogens with zero attached hydrogens (tertiary/aromatic N) is 4. The summed E-state index contributed by atoms with van der Waals surface area (Å²) in [6.45, 7) is -0.505. The lowest BCUT2D eigenvalue weighted by atomic mass is 10.1. The molecule has 21 heavy (non-hydrogen) atoms. The van der Waals surface area contributed by atoms with E-state index in [1.54, 1.807) is 0 Å². The normalized spacial score (nSPS) is 10.1. The Kier molecular flexibility index (Phi) is 3.88. The number of amides is 1. The van der Waals surface area contributed by atoms with Gasteiger partial charge < -0.3 is 10.2 Å². The van der Waals surface area contributed by atoms with E-state index in [9.17, 15) is 14.4 Å². The van der Waals surface area contributed by atoms with Crippen LogP contribution in [-0.4, -0.2) is 48.3 Å². The van der Waals surface area contributed by atoms with Gasteiger partial charge in [0.05, 0.1) is 11.1 Å². The lowest BCUT2D eigenvalue weighted by Crippen LogP contribution is -2.17. The number of carbonyl (C=O) groups is 3. The maximum Gasteiger partial charge on any atom is 0.336 e. The molecule has 0 saturated carbocycles. The van der Waals surface area contributed by atoms with Crippen molar-refractivity contribution in [3.63, 3.8) is 0 Å². The summed E-state index contributed by atoms with van der Waals surface area (Å²) in [5.74, 6) is -3.37. The second kappa shape index (κ2) is 5.77. The van der Waals surface area contributed by atoms with Crippen LogP contribution >= 0.6 is 0 Å². The van der Waals surface area contributed by atoms with Gasteiger partial charge in [0.25, 0.3) is 11.9 Å². The summed E-state index contributed by atoms with van der Waals surface area (Å²) in [6, 6.07) is 5.62. The standard InChI is InChI=1S/C11H9N5O5/c17-8(18)5-16-14-11(13-15-16)12-9(19)6-3-1-2-4-7(6)10(20)21/h1-4H,5H2,(H,17,18)(H,20,21)(H,12,14,19). The fourth-order valence-corrected chi connectivity index (χ4v) is 1.52. The smallest absolute Gasteiger partial charge is 0.336 e. The van der Waals surface area contributed by atoms with E-state index >= 15 is 0 Å². The molecule has 10 heteroatoms. The summed E-state index contributed by atoms with van der Waals surface area (Å²) < 4.78 is 0. The van der Waals surface area contributed by atoms with Crippen molar-refractivity contribution < 1.29 is 24.6 Å². The molecule has 0 spiro atoms. The first-order valence-electron chi connectivity index (χ1n) is 5.60. The minimum absolute atomic E-state index is 0.0698. The Hall–Kier alpha value is -3.30. The van der Waals surface area contributed by atoms with Crippen molar-refractivity contribution in [3.05, 3.63) is 35.4 Å². The molecule has 0 aliphatic heterocycles. The van der Waals surface area contributed by atoms with Crippen LogP contribution in [0.25, 0.3) is 0 Å². The van der Waals surface area contributed by atoms with Gasteiger partial charge in [0, 0.05) is 0 Å². The molecule has 1 heterocycles. The number of carboxylic acid groups (broad SMARTS) is 2. The lowest BCUT2D eigenvalue weighted by molar-refractivity contribution is -0.138. The predicted octanol–water partition coefficient (Wildman–Crippen LogP) is -0.292. The number of aromatic nitrogens is 4. The van der Waals surface area contributed by atoms with Crippen LogP contribution in [0.2, 0.25) is 0 Å². The Bertz CT molecular complexity index is 711. The fraction of sp³-hybridized carbons (Fsp3) is 0.0909. The van der Waals surface area contributed by atoms with E-state index in [0.717, 1.165) is 4.80 Å². The minimum atomic E-state index is -1.25. The molecular formula is C11H9N5O5. The Morgan fingerprint density at radius 1 is 1.14 bits per heavy atom. The molecule has 0 bridgehead atoms. The number of carboxylic acids is 2. The molecule has 0 fully saturated rings. The Balaban J connectivity index is 2.17. The van der Waals surface area contributed by atoms with Gasteiger partial charge in [0.1, 0.15) is 0 Å². The SMILES string of the molecule is O=C(O)Cn1nnc(NC(=O)c2ccccc2C(=O)O)n1. The Morgan fingerprint density at radius 3 is 2.43 bits per heavy atom. The number of rotatable bonds is 5. The minimum Gasteiger partial charge on any atom is -0.480 e. The van der Waals surface area contributed by atoms with Gasteiger partial charge in [-0.2, -0.15) is 4.80 Å². The average Bonchev–Trinajstić information content (AvgIpc) is 2.85. The second-order valence-electron chi connectivity index (χ2n) is 3.84. The zero-order valence-corrected chi connectivity index (χ0v) is 10.4. The van der Waals surface area contributed by atoms with Gasteiger partial charge in [-0.3, -0.25) is 14.9 Å². The summed E-state index contributed by atoms with van der Waals surface area (Å²) in [4.78, 5) is 34.2. The van der Waals surface area contributed by atoms with Gasteiger partial charge in [-0.15, -0.1) is 5.10 Å². The van der Waals surface area contributed by atoms with Crippen LogP contribution in [0.1, 0.15) is 20.7 Å².